The molecule has 2 aromatic carbocycles. The minimum atomic E-state index is -0.607. The molecule has 0 saturated heterocycles. The lowest BCUT2D eigenvalue weighted by Gasteiger charge is -2.25. The molecule has 0 spiro atoms. The van der Waals surface area contributed by atoms with Gasteiger partial charge in [-0.15, -0.1) is 0 Å². The maximum atomic E-state index is 10.6. The van der Waals surface area contributed by atoms with E-state index < -0.39 is 6.10 Å². The van der Waals surface area contributed by atoms with E-state index in [1.165, 1.54) is 0 Å². The average molecular weight is 468 g/mol. The SMILES string of the molecule is COCCN(Cc1c(C)nn(-c2ccccc2)c1Oc1cccc(C)c1)C[C@H](O)COC(C)C. The van der Waals surface area contributed by atoms with Gasteiger partial charge in [-0.2, -0.15) is 5.10 Å². The number of benzene rings is 2. The number of nitrogens with zero attached hydrogens (tertiary/aromatic N) is 3. The van der Waals surface area contributed by atoms with Crippen LogP contribution >= 0.6 is 0 Å². The average Bonchev–Trinajstić information content (AvgIpc) is 3.11. The van der Waals surface area contributed by atoms with E-state index in [-0.39, 0.29) is 12.7 Å². The summed E-state index contributed by atoms with van der Waals surface area (Å²) in [6.45, 7) is 10.5. The molecule has 184 valence electrons. The third-order valence-corrected chi connectivity index (χ3v) is 5.43. The van der Waals surface area contributed by atoms with E-state index in [9.17, 15) is 5.11 Å². The predicted molar refractivity (Wildman–Crippen MR) is 134 cm³/mol. The molecule has 0 saturated carbocycles. The Morgan fingerprint density at radius 1 is 1.06 bits per heavy atom. The van der Waals surface area contributed by atoms with Crippen molar-refractivity contribution in [3.63, 3.8) is 0 Å². The Kier molecular flexibility index (Phi) is 9.65. The van der Waals surface area contributed by atoms with Crippen LogP contribution in [0.5, 0.6) is 11.6 Å². The van der Waals surface area contributed by atoms with Crippen LogP contribution in [-0.4, -0.2) is 65.4 Å². The molecular weight excluding hydrogens is 430 g/mol. The van der Waals surface area contributed by atoms with Crippen LogP contribution in [-0.2, 0) is 16.0 Å². The molecule has 1 N–H and O–H groups in total. The van der Waals surface area contributed by atoms with Gasteiger partial charge in [0.2, 0.25) is 5.88 Å². The van der Waals surface area contributed by atoms with Crippen LogP contribution in [0.1, 0.15) is 30.7 Å². The van der Waals surface area contributed by atoms with Gasteiger partial charge >= 0.3 is 0 Å². The van der Waals surface area contributed by atoms with Crippen molar-refractivity contribution in [3.05, 3.63) is 71.4 Å². The molecule has 3 aromatic rings. The standard InChI is InChI=1S/C27H37N3O4/c1-20(2)33-19-24(31)17-29(14-15-32-5)18-26-22(4)28-30(23-11-7-6-8-12-23)27(26)34-25-13-9-10-21(3)16-25/h6-13,16,20,24,31H,14-15,17-19H2,1-5H3/t24-/m0/s1. The lowest BCUT2D eigenvalue weighted by molar-refractivity contribution is -0.0122. The van der Waals surface area contributed by atoms with Crippen LogP contribution in [0.3, 0.4) is 0 Å². The molecule has 0 fully saturated rings. The van der Waals surface area contributed by atoms with Crippen molar-refractivity contribution in [3.8, 4) is 17.3 Å². The summed E-state index contributed by atoms with van der Waals surface area (Å²) in [4.78, 5) is 2.15. The Morgan fingerprint density at radius 3 is 2.50 bits per heavy atom. The number of hydrogen-bond acceptors (Lipinski definition) is 6. The van der Waals surface area contributed by atoms with Crippen molar-refractivity contribution >= 4 is 0 Å². The highest BCUT2D eigenvalue weighted by Gasteiger charge is 2.23. The predicted octanol–water partition coefficient (Wildman–Crippen LogP) is 4.52. The summed E-state index contributed by atoms with van der Waals surface area (Å²) >= 11 is 0. The normalized spacial score (nSPS) is 12.5. The summed E-state index contributed by atoms with van der Waals surface area (Å²) in [6, 6.07) is 18.0. The Balaban J connectivity index is 1.93. The summed E-state index contributed by atoms with van der Waals surface area (Å²) in [5, 5.41) is 15.4. The monoisotopic (exact) mass is 467 g/mol. The second-order valence-corrected chi connectivity index (χ2v) is 8.80. The van der Waals surface area contributed by atoms with Crippen LogP contribution < -0.4 is 4.74 Å². The number of aryl methyl sites for hydroxylation is 2. The van der Waals surface area contributed by atoms with E-state index in [1.807, 2.05) is 87.0 Å². The van der Waals surface area contributed by atoms with E-state index >= 15 is 0 Å². The van der Waals surface area contributed by atoms with Crippen molar-refractivity contribution in [2.45, 2.75) is 46.4 Å². The van der Waals surface area contributed by atoms with Gasteiger partial charge in [-0.05, 0) is 57.5 Å². The minimum Gasteiger partial charge on any atom is -0.439 e. The molecule has 0 aliphatic rings. The maximum absolute atomic E-state index is 10.6. The minimum absolute atomic E-state index is 0.0720. The number of aliphatic hydroxyl groups is 1. The molecule has 1 atom stereocenters. The third kappa shape index (κ3) is 7.40. The smallest absolute Gasteiger partial charge is 0.227 e. The Bertz CT molecular complexity index is 1020. The van der Waals surface area contributed by atoms with Gasteiger partial charge in [0.15, 0.2) is 0 Å². The number of ether oxygens (including phenoxy) is 3. The second kappa shape index (κ2) is 12.7. The van der Waals surface area contributed by atoms with Gasteiger partial charge in [-0.1, -0.05) is 30.3 Å². The first-order valence-corrected chi connectivity index (χ1v) is 11.8. The van der Waals surface area contributed by atoms with Gasteiger partial charge < -0.3 is 19.3 Å². The van der Waals surface area contributed by atoms with Gasteiger partial charge in [-0.25, -0.2) is 4.68 Å². The molecule has 0 radical (unpaired) electrons. The number of hydrogen-bond donors (Lipinski definition) is 1. The number of methoxy groups -OCH3 is 1. The lowest BCUT2D eigenvalue weighted by Crippen LogP contribution is -2.37. The van der Waals surface area contributed by atoms with Gasteiger partial charge in [-0.3, -0.25) is 4.90 Å². The first-order chi connectivity index (χ1) is 16.4. The van der Waals surface area contributed by atoms with E-state index in [0.29, 0.717) is 32.1 Å². The third-order valence-electron chi connectivity index (χ3n) is 5.43. The summed E-state index contributed by atoms with van der Waals surface area (Å²) in [5.41, 5.74) is 3.89. The topological polar surface area (TPSA) is 69.0 Å². The summed E-state index contributed by atoms with van der Waals surface area (Å²) < 4.78 is 19.2. The first kappa shape index (κ1) is 25.9. The number of aromatic nitrogens is 2. The highest BCUT2D eigenvalue weighted by molar-refractivity contribution is 5.43. The van der Waals surface area contributed by atoms with Crippen LogP contribution in [0.2, 0.25) is 0 Å². The first-order valence-electron chi connectivity index (χ1n) is 11.8. The Morgan fingerprint density at radius 2 is 1.82 bits per heavy atom. The van der Waals surface area contributed by atoms with Crippen LogP contribution in [0.25, 0.3) is 5.69 Å². The zero-order valence-corrected chi connectivity index (χ0v) is 20.9. The summed E-state index contributed by atoms with van der Waals surface area (Å²) in [7, 11) is 1.68. The highest BCUT2D eigenvalue weighted by Crippen LogP contribution is 2.32. The molecule has 3 rings (SSSR count). The van der Waals surface area contributed by atoms with Crippen molar-refractivity contribution in [1.29, 1.82) is 0 Å². The van der Waals surface area contributed by atoms with Gasteiger partial charge in [0.1, 0.15) is 5.75 Å². The molecule has 1 heterocycles. The van der Waals surface area contributed by atoms with E-state index in [0.717, 1.165) is 28.3 Å². The fourth-order valence-electron chi connectivity index (χ4n) is 3.69. The molecule has 34 heavy (non-hydrogen) atoms. The van der Waals surface area contributed by atoms with Crippen molar-refractivity contribution < 1.29 is 19.3 Å². The van der Waals surface area contributed by atoms with Crippen LogP contribution in [0.15, 0.2) is 54.6 Å². The number of aliphatic hydroxyl groups excluding tert-OH is 1. The van der Waals surface area contributed by atoms with Gasteiger partial charge in [0.25, 0.3) is 0 Å². The van der Waals surface area contributed by atoms with Crippen molar-refractivity contribution in [2.75, 3.05) is 33.4 Å². The highest BCUT2D eigenvalue weighted by atomic mass is 16.5. The fraction of sp³-hybridized carbons (Fsp3) is 0.444. The van der Waals surface area contributed by atoms with Crippen LogP contribution in [0.4, 0.5) is 0 Å². The van der Waals surface area contributed by atoms with E-state index in [4.69, 9.17) is 19.3 Å². The molecule has 7 nitrogen and oxygen atoms in total. The molecule has 0 aliphatic heterocycles. The number of rotatable bonds is 13. The molecule has 0 bridgehead atoms. The number of para-hydroxylation sites is 1. The lowest BCUT2D eigenvalue weighted by atomic mass is 10.2. The van der Waals surface area contributed by atoms with Crippen LogP contribution in [0, 0.1) is 13.8 Å². The zero-order valence-electron chi connectivity index (χ0n) is 20.9. The molecular formula is C27H37N3O4. The Hall–Kier alpha value is -2.71. The quantitative estimate of drug-likeness (QED) is 0.399. The largest absolute Gasteiger partial charge is 0.439 e. The summed E-state index contributed by atoms with van der Waals surface area (Å²) in [6.07, 6.45) is -0.535. The van der Waals surface area contributed by atoms with E-state index in [2.05, 4.69) is 4.90 Å². The maximum Gasteiger partial charge on any atom is 0.227 e. The molecule has 1 aromatic heterocycles. The molecule has 0 amide bonds. The van der Waals surface area contributed by atoms with Gasteiger partial charge in [0, 0.05) is 26.7 Å². The summed E-state index contributed by atoms with van der Waals surface area (Å²) in [5.74, 6) is 1.43. The van der Waals surface area contributed by atoms with Gasteiger partial charge in [0.05, 0.1) is 42.4 Å². The van der Waals surface area contributed by atoms with Crippen molar-refractivity contribution in [2.24, 2.45) is 0 Å². The molecule has 0 unspecified atom stereocenters. The zero-order chi connectivity index (χ0) is 24.5. The molecule has 0 aliphatic carbocycles. The van der Waals surface area contributed by atoms with E-state index in [1.54, 1.807) is 7.11 Å². The van der Waals surface area contributed by atoms with Crippen molar-refractivity contribution in [1.82, 2.24) is 14.7 Å². The second-order valence-electron chi connectivity index (χ2n) is 8.80. The fourth-order valence-corrected chi connectivity index (χ4v) is 3.69. The molecule has 7 heteroatoms. The Labute approximate surface area is 202 Å².